The van der Waals surface area contributed by atoms with Crippen LogP contribution in [0.25, 0.3) is 0 Å². The van der Waals surface area contributed by atoms with Crippen LogP contribution in [-0.4, -0.2) is 52.7 Å². The van der Waals surface area contributed by atoms with Gasteiger partial charge in [0.2, 0.25) is 5.96 Å². The second-order valence-electron chi connectivity index (χ2n) is 7.98. The van der Waals surface area contributed by atoms with Gasteiger partial charge >= 0.3 is 0 Å². The molecule has 0 saturated carbocycles. The van der Waals surface area contributed by atoms with E-state index in [2.05, 4.69) is 73.8 Å². The molecule has 3 aliphatic rings. The minimum absolute atomic E-state index is 0.0995. The number of halogens is 1. The summed E-state index contributed by atoms with van der Waals surface area (Å²) in [6, 6.07) is 16.3. The van der Waals surface area contributed by atoms with Gasteiger partial charge in [0, 0.05) is 47.6 Å². The Morgan fingerprint density at radius 3 is 2.43 bits per heavy atom. The first kappa shape index (κ1) is 19.6. The van der Waals surface area contributed by atoms with Crippen molar-refractivity contribution in [2.24, 2.45) is 4.99 Å². The molecule has 0 atom stereocenters. The molecule has 0 unspecified atom stereocenters. The Kier molecular flexibility index (Phi) is 5.24. The van der Waals surface area contributed by atoms with Crippen LogP contribution in [-0.2, 0) is 17.9 Å². The van der Waals surface area contributed by atoms with Crippen LogP contribution in [0.1, 0.15) is 17.5 Å². The number of carbonyl (C=O) groups is 1. The van der Waals surface area contributed by atoms with Gasteiger partial charge < -0.3 is 10.6 Å². The van der Waals surface area contributed by atoms with Crippen molar-refractivity contribution in [1.82, 2.24) is 14.7 Å². The molecule has 2 N–H and O–H groups in total. The maximum absolute atomic E-state index is 13.5. The van der Waals surface area contributed by atoms with Crippen molar-refractivity contribution < 1.29 is 4.79 Å². The maximum atomic E-state index is 13.5. The number of guanidine groups is 1. The van der Waals surface area contributed by atoms with Crippen LogP contribution in [0, 0.1) is 3.57 Å². The Balaban J connectivity index is 1.39. The van der Waals surface area contributed by atoms with E-state index in [1.54, 1.807) is 0 Å². The van der Waals surface area contributed by atoms with Crippen LogP contribution in [0.3, 0.4) is 0 Å². The number of nitrogens with zero attached hydrogens (tertiary/aromatic N) is 4. The molecule has 0 spiro atoms. The van der Waals surface area contributed by atoms with Crippen LogP contribution in [0.2, 0.25) is 0 Å². The zero-order valence-electron chi connectivity index (χ0n) is 16.7. The van der Waals surface area contributed by atoms with E-state index >= 15 is 0 Å². The summed E-state index contributed by atoms with van der Waals surface area (Å²) in [5.41, 5.74) is 11.0. The summed E-state index contributed by atoms with van der Waals surface area (Å²) >= 11 is 2.30. The highest BCUT2D eigenvalue weighted by atomic mass is 127. The van der Waals surface area contributed by atoms with Crippen molar-refractivity contribution >= 4 is 40.1 Å². The van der Waals surface area contributed by atoms with Crippen molar-refractivity contribution in [2.45, 2.75) is 19.5 Å². The molecule has 2 aromatic carbocycles. The van der Waals surface area contributed by atoms with Crippen molar-refractivity contribution in [3.05, 3.63) is 74.5 Å². The predicted molar refractivity (Wildman–Crippen MR) is 126 cm³/mol. The van der Waals surface area contributed by atoms with E-state index < -0.39 is 0 Å². The number of fused-ring (bicyclic) bond motifs is 2. The van der Waals surface area contributed by atoms with Crippen molar-refractivity contribution in [1.29, 1.82) is 0 Å². The molecular weight excluding hydrogens is 489 g/mol. The SMILES string of the molecule is Nc1ccc(CN2CCC3=C(C2)C(=O)N(Cc2ccc(I)cc2)C2=NCCN23)cc1. The summed E-state index contributed by atoms with van der Waals surface area (Å²) in [5.74, 6) is 0.923. The topological polar surface area (TPSA) is 65.2 Å². The molecule has 0 fully saturated rings. The summed E-state index contributed by atoms with van der Waals surface area (Å²) in [6.07, 6.45) is 0.881. The van der Waals surface area contributed by atoms with Gasteiger partial charge in [-0.3, -0.25) is 19.6 Å². The minimum atomic E-state index is 0.0995. The predicted octanol–water partition coefficient (Wildman–Crippen LogP) is 3.05. The highest BCUT2D eigenvalue weighted by Gasteiger charge is 2.40. The van der Waals surface area contributed by atoms with Gasteiger partial charge in [-0.15, -0.1) is 0 Å². The zero-order chi connectivity index (χ0) is 20.7. The van der Waals surface area contributed by atoms with Gasteiger partial charge in [-0.25, -0.2) is 0 Å². The largest absolute Gasteiger partial charge is 0.399 e. The van der Waals surface area contributed by atoms with E-state index in [1.165, 1.54) is 14.8 Å². The van der Waals surface area contributed by atoms with Crippen LogP contribution in [0.15, 0.2) is 64.8 Å². The monoisotopic (exact) mass is 513 g/mol. The normalized spacial score (nSPS) is 19.1. The lowest BCUT2D eigenvalue weighted by Crippen LogP contribution is -2.53. The first-order chi connectivity index (χ1) is 14.6. The van der Waals surface area contributed by atoms with E-state index in [1.807, 2.05) is 17.0 Å². The van der Waals surface area contributed by atoms with E-state index in [9.17, 15) is 4.79 Å². The quantitative estimate of drug-likeness (QED) is 0.505. The van der Waals surface area contributed by atoms with Crippen LogP contribution in [0.5, 0.6) is 0 Å². The highest BCUT2D eigenvalue weighted by Crippen LogP contribution is 2.32. The number of anilines is 1. The zero-order valence-corrected chi connectivity index (χ0v) is 18.9. The van der Waals surface area contributed by atoms with Gasteiger partial charge in [0.15, 0.2) is 0 Å². The second-order valence-corrected chi connectivity index (χ2v) is 9.22. The van der Waals surface area contributed by atoms with E-state index in [-0.39, 0.29) is 5.91 Å². The van der Waals surface area contributed by atoms with Crippen LogP contribution < -0.4 is 5.73 Å². The molecule has 30 heavy (non-hydrogen) atoms. The smallest absolute Gasteiger partial charge is 0.259 e. The number of benzene rings is 2. The average Bonchev–Trinajstić information content (AvgIpc) is 3.24. The Morgan fingerprint density at radius 1 is 0.967 bits per heavy atom. The molecule has 0 aliphatic carbocycles. The third-order valence-electron chi connectivity index (χ3n) is 5.92. The van der Waals surface area contributed by atoms with Gasteiger partial charge in [0.25, 0.3) is 5.91 Å². The standard InChI is InChI=1S/C23H24IN5O/c24-18-5-1-17(2-6-18)14-29-22(30)20-15-27(13-16-3-7-19(25)8-4-16)11-9-21(20)28-12-10-26-23(28)29/h1-8H,9-15,25H2. The van der Waals surface area contributed by atoms with E-state index in [0.29, 0.717) is 13.1 Å². The number of amides is 1. The molecule has 3 aliphatic heterocycles. The molecule has 0 bridgehead atoms. The summed E-state index contributed by atoms with van der Waals surface area (Å²) < 4.78 is 1.19. The lowest BCUT2D eigenvalue weighted by atomic mass is 10.00. The fourth-order valence-electron chi connectivity index (χ4n) is 4.40. The average molecular weight is 513 g/mol. The van der Waals surface area contributed by atoms with Crippen LogP contribution >= 0.6 is 22.6 Å². The fraction of sp³-hybridized carbons (Fsp3) is 0.304. The molecule has 2 aromatic rings. The lowest BCUT2D eigenvalue weighted by Gasteiger charge is -2.42. The summed E-state index contributed by atoms with van der Waals surface area (Å²) in [5, 5.41) is 0. The summed E-state index contributed by atoms with van der Waals surface area (Å²) in [6.45, 7) is 4.60. The van der Waals surface area contributed by atoms with Crippen molar-refractivity contribution in [2.75, 3.05) is 31.9 Å². The van der Waals surface area contributed by atoms with Gasteiger partial charge in [-0.2, -0.15) is 0 Å². The molecule has 5 rings (SSSR count). The highest BCUT2D eigenvalue weighted by molar-refractivity contribution is 14.1. The summed E-state index contributed by atoms with van der Waals surface area (Å²) in [4.78, 5) is 24.7. The molecule has 3 heterocycles. The number of nitrogen functional groups attached to an aromatic ring is 1. The number of aliphatic imine (C=N–C) groups is 1. The van der Waals surface area contributed by atoms with Crippen molar-refractivity contribution in [3.63, 3.8) is 0 Å². The Morgan fingerprint density at radius 2 is 1.67 bits per heavy atom. The van der Waals surface area contributed by atoms with E-state index in [4.69, 9.17) is 5.73 Å². The van der Waals surface area contributed by atoms with Gasteiger partial charge in [-0.05, 0) is 58.0 Å². The molecule has 154 valence electrons. The number of carbonyl (C=O) groups excluding carboxylic acids is 1. The maximum Gasteiger partial charge on any atom is 0.259 e. The molecule has 0 aromatic heterocycles. The number of nitrogens with two attached hydrogens (primary N) is 1. The van der Waals surface area contributed by atoms with E-state index in [0.717, 1.165) is 55.4 Å². The fourth-order valence-corrected chi connectivity index (χ4v) is 4.76. The Bertz CT molecular complexity index is 1030. The minimum Gasteiger partial charge on any atom is -0.399 e. The lowest BCUT2D eigenvalue weighted by molar-refractivity contribution is -0.125. The van der Waals surface area contributed by atoms with Gasteiger partial charge in [0.05, 0.1) is 18.7 Å². The number of hydrogen-bond acceptors (Lipinski definition) is 5. The Labute approximate surface area is 190 Å². The van der Waals surface area contributed by atoms with Crippen molar-refractivity contribution in [3.8, 4) is 0 Å². The summed E-state index contributed by atoms with van der Waals surface area (Å²) in [7, 11) is 0. The van der Waals surface area contributed by atoms with Crippen LogP contribution in [0.4, 0.5) is 5.69 Å². The first-order valence-corrected chi connectivity index (χ1v) is 11.3. The molecule has 0 saturated heterocycles. The third-order valence-corrected chi connectivity index (χ3v) is 6.64. The molecule has 0 radical (unpaired) electrons. The van der Waals surface area contributed by atoms with Gasteiger partial charge in [-0.1, -0.05) is 24.3 Å². The van der Waals surface area contributed by atoms with Gasteiger partial charge in [0.1, 0.15) is 0 Å². The second kappa shape index (κ2) is 8.03. The molecule has 6 nitrogen and oxygen atoms in total. The Hall–Kier alpha value is -2.39. The molecule has 1 amide bonds. The number of hydrogen-bond donors (Lipinski definition) is 1. The molecule has 7 heteroatoms. The number of rotatable bonds is 4. The first-order valence-electron chi connectivity index (χ1n) is 10.3. The molecular formula is C23H24IN5O. The third kappa shape index (κ3) is 3.72.